The lowest BCUT2D eigenvalue weighted by Gasteiger charge is -2.28. The van der Waals surface area contributed by atoms with Crippen molar-refractivity contribution in [3.8, 4) is 0 Å². The number of hydrogen-bond donors (Lipinski definition) is 2. The summed E-state index contributed by atoms with van der Waals surface area (Å²) in [5.41, 5.74) is 5.40. The van der Waals surface area contributed by atoms with Gasteiger partial charge in [-0.1, -0.05) is 34.6 Å². The Morgan fingerprint density at radius 1 is 1.21 bits per heavy atom. The van der Waals surface area contributed by atoms with Crippen molar-refractivity contribution in [1.82, 2.24) is 5.32 Å². The largest absolute Gasteiger partial charge is 0.356 e. The number of carbonyl (C=O) groups excluding carboxylic acids is 2. The fourth-order valence-electron chi connectivity index (χ4n) is 2.02. The van der Waals surface area contributed by atoms with Crippen molar-refractivity contribution in [2.75, 3.05) is 6.54 Å². The van der Waals surface area contributed by atoms with Gasteiger partial charge < -0.3 is 11.1 Å². The molecule has 0 aromatic rings. The van der Waals surface area contributed by atoms with Crippen LogP contribution in [0, 0.1) is 11.8 Å². The maximum Gasteiger partial charge on any atom is 0.220 e. The second-order valence-electron chi connectivity index (χ2n) is 6.08. The minimum Gasteiger partial charge on any atom is -0.356 e. The number of ketones is 1. The molecule has 0 heterocycles. The first-order valence-electron chi connectivity index (χ1n) is 7.32. The molecule has 0 unspecified atom stereocenters. The Labute approximate surface area is 117 Å². The molecule has 0 aliphatic rings. The van der Waals surface area contributed by atoms with Gasteiger partial charge in [-0.05, 0) is 25.2 Å². The van der Waals surface area contributed by atoms with Crippen molar-refractivity contribution in [2.24, 2.45) is 17.6 Å². The molecule has 0 aromatic carbocycles. The lowest BCUT2D eigenvalue weighted by molar-refractivity contribution is -0.128. The summed E-state index contributed by atoms with van der Waals surface area (Å²) in [4.78, 5) is 23.6. The first kappa shape index (κ1) is 18.1. The normalized spacial score (nSPS) is 14.5. The fourth-order valence-corrected chi connectivity index (χ4v) is 2.02. The van der Waals surface area contributed by atoms with Crippen LogP contribution in [0.5, 0.6) is 0 Å². The average Bonchev–Trinajstić information content (AvgIpc) is 2.34. The molecule has 0 rings (SSSR count). The molecule has 19 heavy (non-hydrogen) atoms. The van der Waals surface area contributed by atoms with Gasteiger partial charge in [-0.2, -0.15) is 0 Å². The van der Waals surface area contributed by atoms with Crippen molar-refractivity contribution >= 4 is 11.7 Å². The van der Waals surface area contributed by atoms with Gasteiger partial charge in [-0.3, -0.25) is 9.59 Å². The number of hydrogen-bond acceptors (Lipinski definition) is 3. The van der Waals surface area contributed by atoms with Gasteiger partial charge in [0.1, 0.15) is 0 Å². The number of nitrogens with one attached hydrogen (secondary N) is 1. The number of amides is 1. The summed E-state index contributed by atoms with van der Waals surface area (Å²) in [6.45, 7) is 10.5. The summed E-state index contributed by atoms with van der Waals surface area (Å²) in [6, 6.07) is 0. The van der Waals surface area contributed by atoms with Gasteiger partial charge in [-0.25, -0.2) is 0 Å². The zero-order chi connectivity index (χ0) is 15.1. The number of rotatable bonds is 9. The van der Waals surface area contributed by atoms with Crippen molar-refractivity contribution < 1.29 is 9.59 Å². The van der Waals surface area contributed by atoms with E-state index in [1.54, 1.807) is 0 Å². The van der Waals surface area contributed by atoms with Crippen LogP contribution in [-0.4, -0.2) is 23.8 Å². The fraction of sp³-hybridized carbons (Fsp3) is 0.867. The number of nitrogens with two attached hydrogens (primary N) is 1. The molecule has 1 amide bonds. The predicted molar refractivity (Wildman–Crippen MR) is 78.8 cm³/mol. The van der Waals surface area contributed by atoms with Crippen LogP contribution < -0.4 is 11.1 Å². The molecule has 0 aliphatic carbocycles. The molecular formula is C15H30N2O2. The topological polar surface area (TPSA) is 72.2 Å². The van der Waals surface area contributed by atoms with Crippen LogP contribution in [0.25, 0.3) is 0 Å². The molecule has 112 valence electrons. The summed E-state index contributed by atoms with van der Waals surface area (Å²) >= 11 is 0. The molecule has 0 aliphatic heterocycles. The lowest BCUT2D eigenvalue weighted by atomic mass is 9.82. The summed E-state index contributed by atoms with van der Waals surface area (Å²) in [7, 11) is 0. The van der Waals surface area contributed by atoms with E-state index in [2.05, 4.69) is 19.2 Å². The molecule has 0 aromatic heterocycles. The van der Waals surface area contributed by atoms with E-state index >= 15 is 0 Å². The monoisotopic (exact) mass is 270 g/mol. The lowest BCUT2D eigenvalue weighted by Crippen LogP contribution is -2.49. The first-order chi connectivity index (χ1) is 8.73. The van der Waals surface area contributed by atoms with Gasteiger partial charge in [0, 0.05) is 18.9 Å². The Bertz CT molecular complexity index is 301. The molecule has 3 N–H and O–H groups in total. The van der Waals surface area contributed by atoms with Crippen LogP contribution in [0.2, 0.25) is 0 Å². The Morgan fingerprint density at radius 3 is 2.21 bits per heavy atom. The Morgan fingerprint density at radius 2 is 1.79 bits per heavy atom. The highest BCUT2D eigenvalue weighted by molar-refractivity contribution is 5.89. The van der Waals surface area contributed by atoms with E-state index in [-0.39, 0.29) is 17.6 Å². The van der Waals surface area contributed by atoms with Crippen LogP contribution >= 0.6 is 0 Å². The second kappa shape index (κ2) is 8.31. The van der Waals surface area contributed by atoms with Crippen molar-refractivity contribution in [3.05, 3.63) is 0 Å². The van der Waals surface area contributed by atoms with Crippen LogP contribution in [0.1, 0.15) is 60.3 Å². The Kier molecular flexibility index (Phi) is 7.91. The van der Waals surface area contributed by atoms with Gasteiger partial charge in [-0.15, -0.1) is 0 Å². The number of carbonyl (C=O) groups is 2. The Balaban J connectivity index is 4.15. The third kappa shape index (κ3) is 6.71. The smallest absolute Gasteiger partial charge is 0.220 e. The molecule has 0 radical (unpaired) electrons. The van der Waals surface area contributed by atoms with Crippen molar-refractivity contribution in [3.63, 3.8) is 0 Å². The molecule has 0 saturated carbocycles. The highest BCUT2D eigenvalue weighted by Crippen LogP contribution is 2.20. The van der Waals surface area contributed by atoms with Crippen molar-refractivity contribution in [1.29, 1.82) is 0 Å². The third-order valence-corrected chi connectivity index (χ3v) is 3.38. The van der Waals surface area contributed by atoms with E-state index in [1.165, 1.54) is 0 Å². The van der Waals surface area contributed by atoms with Gasteiger partial charge in [0.2, 0.25) is 5.91 Å². The summed E-state index contributed by atoms with van der Waals surface area (Å²) < 4.78 is 0. The SMILES string of the molecule is CC[C@@](N)(CCCC(=O)NCC(C)C)C(=O)C(C)C. The molecule has 1 atom stereocenters. The molecular weight excluding hydrogens is 240 g/mol. The van der Waals surface area contributed by atoms with Crippen LogP contribution in [0.3, 0.4) is 0 Å². The van der Waals surface area contributed by atoms with E-state index in [0.717, 1.165) is 0 Å². The van der Waals surface area contributed by atoms with Crippen LogP contribution in [-0.2, 0) is 9.59 Å². The highest BCUT2D eigenvalue weighted by Gasteiger charge is 2.32. The van der Waals surface area contributed by atoms with Gasteiger partial charge >= 0.3 is 0 Å². The molecule has 0 spiro atoms. The van der Waals surface area contributed by atoms with E-state index in [0.29, 0.717) is 38.1 Å². The first-order valence-corrected chi connectivity index (χ1v) is 7.32. The molecule has 4 heteroatoms. The zero-order valence-corrected chi connectivity index (χ0v) is 13.1. The van der Waals surface area contributed by atoms with E-state index < -0.39 is 5.54 Å². The Hall–Kier alpha value is -0.900. The summed E-state index contributed by atoms with van der Waals surface area (Å²) in [6.07, 6.45) is 2.30. The second-order valence-corrected chi connectivity index (χ2v) is 6.08. The number of Topliss-reactive ketones (excluding diaryl/α,β-unsaturated/α-hetero) is 1. The molecule has 0 saturated heterocycles. The molecule has 0 bridgehead atoms. The summed E-state index contributed by atoms with van der Waals surface area (Å²) in [5, 5.41) is 2.87. The highest BCUT2D eigenvalue weighted by atomic mass is 16.1. The zero-order valence-electron chi connectivity index (χ0n) is 13.1. The van der Waals surface area contributed by atoms with Crippen LogP contribution in [0.15, 0.2) is 0 Å². The standard InChI is InChI=1S/C15H30N2O2/c1-6-15(16,14(19)12(4)5)9-7-8-13(18)17-10-11(2)3/h11-12H,6-10,16H2,1-5H3,(H,17,18)/t15-/m1/s1. The van der Waals surface area contributed by atoms with Crippen LogP contribution in [0.4, 0.5) is 0 Å². The van der Waals surface area contributed by atoms with Gasteiger partial charge in [0.15, 0.2) is 5.78 Å². The predicted octanol–water partition coefficient (Wildman–Crippen LogP) is 2.26. The van der Waals surface area contributed by atoms with E-state index in [4.69, 9.17) is 5.73 Å². The summed E-state index contributed by atoms with van der Waals surface area (Å²) in [5.74, 6) is 0.539. The third-order valence-electron chi connectivity index (χ3n) is 3.38. The van der Waals surface area contributed by atoms with Crippen molar-refractivity contribution in [2.45, 2.75) is 65.8 Å². The van der Waals surface area contributed by atoms with E-state index in [9.17, 15) is 9.59 Å². The van der Waals surface area contributed by atoms with Gasteiger partial charge in [0.05, 0.1) is 5.54 Å². The van der Waals surface area contributed by atoms with Gasteiger partial charge in [0.25, 0.3) is 0 Å². The minimum atomic E-state index is -0.771. The minimum absolute atomic E-state index is 0.0455. The van der Waals surface area contributed by atoms with E-state index in [1.807, 2.05) is 20.8 Å². The quantitative estimate of drug-likeness (QED) is 0.675. The average molecular weight is 270 g/mol. The maximum absolute atomic E-state index is 12.1. The maximum atomic E-state index is 12.1. The molecule has 0 fully saturated rings. The molecule has 4 nitrogen and oxygen atoms in total.